The van der Waals surface area contributed by atoms with Crippen LogP contribution in [0.15, 0.2) is 54.6 Å². The number of halogens is 3. The second-order valence-corrected chi connectivity index (χ2v) is 4.31. The van der Waals surface area contributed by atoms with E-state index < -0.39 is 12.8 Å². The fourth-order valence-corrected chi connectivity index (χ4v) is 1.78. The van der Waals surface area contributed by atoms with Gasteiger partial charge in [-0.05, 0) is 30.7 Å². The second kappa shape index (κ2) is 5.96. The van der Waals surface area contributed by atoms with Crippen molar-refractivity contribution in [3.05, 3.63) is 60.2 Å². The smallest absolute Gasteiger partial charge is 0.259 e. The van der Waals surface area contributed by atoms with E-state index in [-0.39, 0.29) is 0 Å². The lowest BCUT2D eigenvalue weighted by atomic mass is 10.2. The van der Waals surface area contributed by atoms with Gasteiger partial charge in [-0.25, -0.2) is 5.06 Å². The summed E-state index contributed by atoms with van der Waals surface area (Å²) in [5, 5.41) is 1.21. The fraction of sp³-hybridized carbons (Fsp3) is 0.200. The topological polar surface area (TPSA) is 12.5 Å². The molecule has 0 aromatic heterocycles. The van der Waals surface area contributed by atoms with Crippen molar-refractivity contribution >= 4 is 11.4 Å². The highest BCUT2D eigenvalue weighted by atomic mass is 19.4. The molecule has 0 heterocycles. The number of aryl methyl sites for hydroxylation is 1. The van der Waals surface area contributed by atoms with Crippen LogP contribution in [0.4, 0.5) is 24.5 Å². The monoisotopic (exact) mass is 281 g/mol. The van der Waals surface area contributed by atoms with Crippen molar-refractivity contribution in [2.24, 2.45) is 0 Å². The first-order valence-corrected chi connectivity index (χ1v) is 6.08. The minimum atomic E-state index is -4.38. The molecule has 0 unspecified atom stereocenters. The lowest BCUT2D eigenvalue weighted by molar-refractivity contribution is -0.174. The maximum atomic E-state index is 12.4. The van der Waals surface area contributed by atoms with Gasteiger partial charge in [0.05, 0.1) is 11.4 Å². The number of rotatable bonds is 4. The Hall–Kier alpha value is -2.01. The van der Waals surface area contributed by atoms with Crippen LogP contribution in [0.1, 0.15) is 5.56 Å². The van der Waals surface area contributed by atoms with Crippen molar-refractivity contribution in [3.63, 3.8) is 0 Å². The Kier molecular flexibility index (Phi) is 4.29. The molecule has 0 N–H and O–H groups in total. The number of hydrogen-bond donors (Lipinski definition) is 0. The molecule has 2 nitrogen and oxygen atoms in total. The van der Waals surface area contributed by atoms with Crippen LogP contribution in [0.25, 0.3) is 0 Å². The molecule has 0 aliphatic heterocycles. The van der Waals surface area contributed by atoms with Gasteiger partial charge in [-0.3, -0.25) is 4.84 Å². The van der Waals surface area contributed by atoms with Crippen LogP contribution in [0.3, 0.4) is 0 Å². The van der Waals surface area contributed by atoms with Gasteiger partial charge in [0.1, 0.15) is 0 Å². The van der Waals surface area contributed by atoms with Gasteiger partial charge in [-0.2, -0.15) is 13.2 Å². The molecule has 0 saturated carbocycles. The van der Waals surface area contributed by atoms with E-state index in [2.05, 4.69) is 0 Å². The van der Waals surface area contributed by atoms with E-state index in [1.165, 1.54) is 5.06 Å². The summed E-state index contributed by atoms with van der Waals surface area (Å²) in [6.07, 6.45) is -4.38. The predicted molar refractivity (Wildman–Crippen MR) is 71.8 cm³/mol. The molecular weight excluding hydrogens is 267 g/mol. The van der Waals surface area contributed by atoms with Crippen molar-refractivity contribution in [2.45, 2.75) is 13.1 Å². The first-order valence-electron chi connectivity index (χ1n) is 6.08. The first kappa shape index (κ1) is 14.4. The fourth-order valence-electron chi connectivity index (χ4n) is 1.78. The molecule has 5 heteroatoms. The van der Waals surface area contributed by atoms with Gasteiger partial charge in [-0.15, -0.1) is 0 Å². The average Bonchev–Trinajstić information content (AvgIpc) is 2.41. The van der Waals surface area contributed by atoms with Crippen LogP contribution in [-0.2, 0) is 4.84 Å². The largest absolute Gasteiger partial charge is 0.414 e. The Morgan fingerprint density at radius 3 is 2.15 bits per heavy atom. The van der Waals surface area contributed by atoms with Crippen LogP contribution in [0.2, 0.25) is 0 Å². The lowest BCUT2D eigenvalue weighted by Gasteiger charge is -2.26. The van der Waals surface area contributed by atoms with E-state index in [1.807, 2.05) is 19.1 Å². The third kappa shape index (κ3) is 3.74. The molecule has 2 rings (SSSR count). The van der Waals surface area contributed by atoms with E-state index in [0.29, 0.717) is 11.4 Å². The summed E-state index contributed by atoms with van der Waals surface area (Å²) in [5.74, 6) is 0. The minimum absolute atomic E-state index is 0.547. The maximum Gasteiger partial charge on any atom is 0.414 e. The molecule has 0 aliphatic rings. The minimum Gasteiger partial charge on any atom is -0.259 e. The Bertz CT molecular complexity index is 555. The molecule has 2 aromatic carbocycles. The van der Waals surface area contributed by atoms with Gasteiger partial charge in [0.2, 0.25) is 0 Å². The predicted octanol–water partition coefficient (Wildman–Crippen LogP) is 4.63. The lowest BCUT2D eigenvalue weighted by Crippen LogP contribution is -2.26. The van der Waals surface area contributed by atoms with E-state index >= 15 is 0 Å². The highest BCUT2D eigenvalue weighted by molar-refractivity contribution is 5.63. The highest BCUT2D eigenvalue weighted by Gasteiger charge is 2.30. The highest BCUT2D eigenvalue weighted by Crippen LogP contribution is 2.29. The van der Waals surface area contributed by atoms with Crippen molar-refractivity contribution in [1.29, 1.82) is 0 Å². The molecule has 0 bridgehead atoms. The molecule has 0 spiro atoms. The van der Waals surface area contributed by atoms with Crippen LogP contribution >= 0.6 is 0 Å². The van der Waals surface area contributed by atoms with Crippen molar-refractivity contribution in [2.75, 3.05) is 11.7 Å². The standard InChI is InChI=1S/C15H14F3NO/c1-12-7-5-6-10-14(12)19(20-11-15(16,17)18)13-8-3-2-4-9-13/h2-10H,11H2,1H3. The van der Waals surface area contributed by atoms with Gasteiger partial charge < -0.3 is 0 Å². The van der Waals surface area contributed by atoms with Crippen LogP contribution in [0.5, 0.6) is 0 Å². The number of anilines is 2. The van der Waals surface area contributed by atoms with Crippen LogP contribution in [0, 0.1) is 6.92 Å². The Balaban J connectivity index is 2.32. The molecule has 0 aliphatic carbocycles. The zero-order chi connectivity index (χ0) is 14.6. The van der Waals surface area contributed by atoms with Gasteiger partial charge in [0.25, 0.3) is 0 Å². The van der Waals surface area contributed by atoms with E-state index in [4.69, 9.17) is 4.84 Å². The maximum absolute atomic E-state index is 12.4. The normalized spacial score (nSPS) is 11.4. The number of para-hydroxylation sites is 2. The Morgan fingerprint density at radius 2 is 1.55 bits per heavy atom. The molecule has 20 heavy (non-hydrogen) atoms. The summed E-state index contributed by atoms with van der Waals surface area (Å²) in [6.45, 7) is 0.485. The molecule has 0 atom stereocenters. The van der Waals surface area contributed by atoms with Crippen molar-refractivity contribution < 1.29 is 18.0 Å². The van der Waals surface area contributed by atoms with Gasteiger partial charge >= 0.3 is 6.18 Å². The third-order valence-corrected chi connectivity index (χ3v) is 2.68. The van der Waals surface area contributed by atoms with Crippen molar-refractivity contribution in [1.82, 2.24) is 0 Å². The average molecular weight is 281 g/mol. The van der Waals surface area contributed by atoms with Crippen LogP contribution < -0.4 is 5.06 Å². The Morgan fingerprint density at radius 1 is 0.950 bits per heavy atom. The summed E-state index contributed by atoms with van der Waals surface area (Å²) in [5.41, 5.74) is 1.97. The first-order chi connectivity index (χ1) is 9.47. The quantitative estimate of drug-likeness (QED) is 0.758. The molecule has 0 saturated heterocycles. The van der Waals surface area contributed by atoms with E-state index in [1.54, 1.807) is 42.5 Å². The molecule has 0 amide bonds. The molecule has 2 aromatic rings. The summed E-state index contributed by atoms with van der Waals surface area (Å²) < 4.78 is 37.2. The zero-order valence-corrected chi connectivity index (χ0v) is 10.9. The number of alkyl halides is 3. The number of hydrogen-bond acceptors (Lipinski definition) is 2. The molecule has 0 radical (unpaired) electrons. The Labute approximate surface area is 115 Å². The zero-order valence-electron chi connectivity index (χ0n) is 10.9. The van der Waals surface area contributed by atoms with Crippen molar-refractivity contribution in [3.8, 4) is 0 Å². The summed E-state index contributed by atoms with van der Waals surface area (Å²) in [7, 11) is 0. The molecule has 0 fully saturated rings. The van der Waals surface area contributed by atoms with Crippen LogP contribution in [-0.4, -0.2) is 12.8 Å². The molecular formula is C15H14F3NO. The van der Waals surface area contributed by atoms with E-state index in [9.17, 15) is 13.2 Å². The van der Waals surface area contributed by atoms with Gasteiger partial charge in [0, 0.05) is 0 Å². The second-order valence-electron chi connectivity index (χ2n) is 4.31. The summed E-state index contributed by atoms with van der Waals surface area (Å²) in [6, 6.07) is 15.8. The third-order valence-electron chi connectivity index (χ3n) is 2.68. The van der Waals surface area contributed by atoms with Gasteiger partial charge in [0.15, 0.2) is 6.61 Å². The number of nitrogens with zero attached hydrogens (tertiary/aromatic N) is 1. The summed E-state index contributed by atoms with van der Waals surface area (Å²) in [4.78, 5) is 4.97. The SMILES string of the molecule is Cc1ccccc1N(OCC(F)(F)F)c1ccccc1. The molecule has 106 valence electrons. The van der Waals surface area contributed by atoms with Gasteiger partial charge in [-0.1, -0.05) is 36.4 Å². The summed E-state index contributed by atoms with van der Waals surface area (Å²) >= 11 is 0. The van der Waals surface area contributed by atoms with E-state index in [0.717, 1.165) is 5.56 Å². The number of benzene rings is 2.